The lowest BCUT2D eigenvalue weighted by atomic mass is 10.1. The standard InChI is InChI=1S/C12H19NO/c1-4-6-7-11-12(10(3)5-2)13-8-9-14-11/h4,6-7,13H,5,8-9H2,1-3H3/b6-4-,11-7+,12-10-. The van der Waals surface area contributed by atoms with Crippen molar-refractivity contribution in [3.63, 3.8) is 0 Å². The molecule has 0 bridgehead atoms. The maximum absolute atomic E-state index is 5.61. The highest BCUT2D eigenvalue weighted by molar-refractivity contribution is 5.32. The van der Waals surface area contributed by atoms with Gasteiger partial charge in [-0.15, -0.1) is 0 Å². The molecule has 0 aromatic carbocycles. The predicted octanol–water partition coefficient (Wildman–Crippen LogP) is 2.75. The molecule has 1 saturated heterocycles. The number of morpholine rings is 1. The second kappa shape index (κ2) is 5.53. The molecule has 1 aliphatic rings. The second-order valence-electron chi connectivity index (χ2n) is 3.34. The summed E-state index contributed by atoms with van der Waals surface area (Å²) in [6, 6.07) is 0. The minimum absolute atomic E-state index is 0.754. The number of rotatable bonds is 2. The topological polar surface area (TPSA) is 21.3 Å². The summed E-state index contributed by atoms with van der Waals surface area (Å²) < 4.78 is 5.61. The maximum Gasteiger partial charge on any atom is 0.142 e. The summed E-state index contributed by atoms with van der Waals surface area (Å²) in [6.45, 7) is 7.96. The van der Waals surface area contributed by atoms with Crippen LogP contribution in [0.4, 0.5) is 0 Å². The molecular formula is C12H19NO. The van der Waals surface area contributed by atoms with E-state index in [0.29, 0.717) is 0 Å². The summed E-state index contributed by atoms with van der Waals surface area (Å²) in [7, 11) is 0. The van der Waals surface area contributed by atoms with Gasteiger partial charge in [-0.3, -0.25) is 0 Å². The molecule has 1 heterocycles. The van der Waals surface area contributed by atoms with Crippen molar-refractivity contribution >= 4 is 0 Å². The third-order valence-electron chi connectivity index (χ3n) is 2.30. The summed E-state index contributed by atoms with van der Waals surface area (Å²) in [6.07, 6.45) is 7.08. The first-order chi connectivity index (χ1) is 6.79. The van der Waals surface area contributed by atoms with Gasteiger partial charge in [-0.25, -0.2) is 0 Å². The molecule has 0 atom stereocenters. The van der Waals surface area contributed by atoms with E-state index >= 15 is 0 Å². The molecule has 1 aliphatic heterocycles. The average molecular weight is 193 g/mol. The van der Waals surface area contributed by atoms with Gasteiger partial charge in [-0.2, -0.15) is 0 Å². The first kappa shape index (κ1) is 10.9. The molecule has 0 spiro atoms. The van der Waals surface area contributed by atoms with Crippen molar-refractivity contribution in [2.45, 2.75) is 27.2 Å². The van der Waals surface area contributed by atoms with Crippen LogP contribution in [-0.2, 0) is 4.74 Å². The highest BCUT2D eigenvalue weighted by Gasteiger charge is 2.13. The van der Waals surface area contributed by atoms with Crippen molar-refractivity contribution in [3.8, 4) is 0 Å². The van der Waals surface area contributed by atoms with Gasteiger partial charge in [0, 0.05) is 6.54 Å². The van der Waals surface area contributed by atoms with E-state index in [0.717, 1.165) is 31.0 Å². The Bertz CT molecular complexity index is 274. The molecule has 0 amide bonds. The molecule has 14 heavy (non-hydrogen) atoms. The van der Waals surface area contributed by atoms with E-state index in [-0.39, 0.29) is 0 Å². The Hall–Kier alpha value is -1.18. The first-order valence-corrected chi connectivity index (χ1v) is 5.19. The van der Waals surface area contributed by atoms with Gasteiger partial charge in [0.15, 0.2) is 0 Å². The number of hydrogen-bond donors (Lipinski definition) is 1. The lowest BCUT2D eigenvalue weighted by Gasteiger charge is -2.23. The monoisotopic (exact) mass is 193 g/mol. The quantitative estimate of drug-likeness (QED) is 0.728. The van der Waals surface area contributed by atoms with Crippen LogP contribution < -0.4 is 5.32 Å². The number of nitrogens with one attached hydrogen (secondary N) is 1. The van der Waals surface area contributed by atoms with Crippen LogP contribution >= 0.6 is 0 Å². The summed E-state index contributed by atoms with van der Waals surface area (Å²) in [5.41, 5.74) is 2.51. The fourth-order valence-corrected chi connectivity index (χ4v) is 1.35. The Morgan fingerprint density at radius 3 is 3.00 bits per heavy atom. The van der Waals surface area contributed by atoms with Crippen LogP contribution in [0, 0.1) is 0 Å². The summed E-state index contributed by atoms with van der Waals surface area (Å²) >= 11 is 0. The molecule has 1 N–H and O–H groups in total. The Kier molecular flexibility index (Phi) is 4.30. The molecule has 1 rings (SSSR count). The van der Waals surface area contributed by atoms with Crippen LogP contribution in [0.5, 0.6) is 0 Å². The van der Waals surface area contributed by atoms with Gasteiger partial charge in [-0.05, 0) is 31.9 Å². The predicted molar refractivity (Wildman–Crippen MR) is 59.8 cm³/mol. The van der Waals surface area contributed by atoms with Gasteiger partial charge in [-0.1, -0.05) is 19.1 Å². The largest absolute Gasteiger partial charge is 0.490 e. The molecule has 0 aliphatic carbocycles. The lowest BCUT2D eigenvalue weighted by Crippen LogP contribution is -2.28. The Labute approximate surface area is 86.3 Å². The number of ether oxygens (including phenoxy) is 1. The fraction of sp³-hybridized carbons (Fsp3) is 0.500. The number of allylic oxidation sites excluding steroid dienone is 4. The van der Waals surface area contributed by atoms with E-state index in [9.17, 15) is 0 Å². The van der Waals surface area contributed by atoms with Gasteiger partial charge in [0.05, 0.1) is 5.70 Å². The first-order valence-electron chi connectivity index (χ1n) is 5.19. The van der Waals surface area contributed by atoms with E-state index in [2.05, 4.69) is 19.2 Å². The third-order valence-corrected chi connectivity index (χ3v) is 2.30. The van der Waals surface area contributed by atoms with E-state index < -0.39 is 0 Å². The molecule has 2 heteroatoms. The molecule has 78 valence electrons. The van der Waals surface area contributed by atoms with Crippen molar-refractivity contribution in [3.05, 3.63) is 35.3 Å². The molecule has 0 radical (unpaired) electrons. The summed E-state index contributed by atoms with van der Waals surface area (Å²) in [4.78, 5) is 0. The molecule has 0 aromatic rings. The van der Waals surface area contributed by atoms with E-state index in [4.69, 9.17) is 4.74 Å². The van der Waals surface area contributed by atoms with Crippen LogP contribution in [0.3, 0.4) is 0 Å². The third kappa shape index (κ3) is 2.66. The van der Waals surface area contributed by atoms with Crippen molar-refractivity contribution in [1.82, 2.24) is 5.32 Å². The zero-order valence-electron chi connectivity index (χ0n) is 9.26. The van der Waals surface area contributed by atoms with E-state index in [1.807, 2.05) is 25.2 Å². The van der Waals surface area contributed by atoms with Crippen LogP contribution in [0.25, 0.3) is 0 Å². The van der Waals surface area contributed by atoms with Crippen molar-refractivity contribution in [2.75, 3.05) is 13.2 Å². The Morgan fingerprint density at radius 2 is 2.36 bits per heavy atom. The highest BCUT2D eigenvalue weighted by Crippen LogP contribution is 2.18. The SMILES string of the molecule is C\C=C/C=C1/OCCN/C1=C(/C)CC. The molecule has 1 fully saturated rings. The Balaban J connectivity index is 2.89. The highest BCUT2D eigenvalue weighted by atomic mass is 16.5. The molecule has 0 aromatic heterocycles. The van der Waals surface area contributed by atoms with Crippen molar-refractivity contribution in [2.24, 2.45) is 0 Å². The molecule has 2 nitrogen and oxygen atoms in total. The fourth-order valence-electron chi connectivity index (χ4n) is 1.35. The molecule has 0 saturated carbocycles. The van der Waals surface area contributed by atoms with Gasteiger partial charge < -0.3 is 10.1 Å². The minimum atomic E-state index is 0.754. The zero-order valence-corrected chi connectivity index (χ0v) is 9.26. The Morgan fingerprint density at radius 1 is 1.57 bits per heavy atom. The van der Waals surface area contributed by atoms with Crippen LogP contribution in [0.2, 0.25) is 0 Å². The van der Waals surface area contributed by atoms with Crippen LogP contribution in [0.1, 0.15) is 27.2 Å². The average Bonchev–Trinajstić information content (AvgIpc) is 2.25. The summed E-state index contributed by atoms with van der Waals surface area (Å²) in [5, 5.41) is 3.38. The smallest absolute Gasteiger partial charge is 0.142 e. The van der Waals surface area contributed by atoms with Crippen molar-refractivity contribution < 1.29 is 4.74 Å². The van der Waals surface area contributed by atoms with Gasteiger partial charge in [0.1, 0.15) is 12.4 Å². The van der Waals surface area contributed by atoms with Crippen LogP contribution in [-0.4, -0.2) is 13.2 Å². The van der Waals surface area contributed by atoms with Crippen molar-refractivity contribution in [1.29, 1.82) is 0 Å². The second-order valence-corrected chi connectivity index (χ2v) is 3.34. The lowest BCUT2D eigenvalue weighted by molar-refractivity contribution is 0.196. The number of hydrogen-bond acceptors (Lipinski definition) is 2. The van der Waals surface area contributed by atoms with E-state index in [1.54, 1.807) is 0 Å². The molecule has 0 unspecified atom stereocenters. The normalized spacial score (nSPS) is 23.5. The van der Waals surface area contributed by atoms with E-state index in [1.165, 1.54) is 5.57 Å². The van der Waals surface area contributed by atoms with Crippen LogP contribution in [0.15, 0.2) is 35.3 Å². The van der Waals surface area contributed by atoms with Gasteiger partial charge in [0.25, 0.3) is 0 Å². The minimum Gasteiger partial charge on any atom is -0.490 e. The summed E-state index contributed by atoms with van der Waals surface area (Å²) in [5.74, 6) is 0.966. The van der Waals surface area contributed by atoms with Gasteiger partial charge in [0.2, 0.25) is 0 Å². The maximum atomic E-state index is 5.61. The molecular weight excluding hydrogens is 174 g/mol. The zero-order chi connectivity index (χ0) is 10.4. The van der Waals surface area contributed by atoms with Gasteiger partial charge >= 0.3 is 0 Å².